The first-order chi connectivity index (χ1) is 9.12. The van der Waals surface area contributed by atoms with Crippen LogP contribution in [-0.4, -0.2) is 39.3 Å². The van der Waals surface area contributed by atoms with Gasteiger partial charge in [0.05, 0.1) is 14.2 Å². The Balaban J connectivity index is 2.37. The van der Waals surface area contributed by atoms with E-state index in [1.807, 2.05) is 6.07 Å². The lowest BCUT2D eigenvalue weighted by atomic mass is 9.99. The Morgan fingerprint density at radius 1 is 1.37 bits per heavy atom. The Morgan fingerprint density at radius 3 is 2.63 bits per heavy atom. The summed E-state index contributed by atoms with van der Waals surface area (Å²) in [4.78, 5) is 2.34. The van der Waals surface area contributed by atoms with E-state index in [9.17, 15) is 0 Å². The smallest absolute Gasteiger partial charge is 0.141 e. The van der Waals surface area contributed by atoms with Crippen molar-refractivity contribution < 1.29 is 9.47 Å². The molecule has 2 unspecified atom stereocenters. The van der Waals surface area contributed by atoms with E-state index in [0.717, 1.165) is 35.5 Å². The summed E-state index contributed by atoms with van der Waals surface area (Å²) in [6.07, 6.45) is 1.07. The number of benzene rings is 1. The van der Waals surface area contributed by atoms with Gasteiger partial charge in [0.1, 0.15) is 16.0 Å². The molecule has 2 atom stereocenters. The van der Waals surface area contributed by atoms with E-state index >= 15 is 0 Å². The van der Waals surface area contributed by atoms with Gasteiger partial charge in [-0.15, -0.1) is 0 Å². The van der Waals surface area contributed by atoms with Crippen LogP contribution in [0, 0.1) is 5.92 Å². The SMILES string of the molecule is COc1ccc(C2CC(CN)CN2C)c(OC)c1Br. The summed E-state index contributed by atoms with van der Waals surface area (Å²) in [7, 11) is 5.49. The van der Waals surface area contributed by atoms with Gasteiger partial charge < -0.3 is 15.2 Å². The Bertz CT molecular complexity index is 453. The maximum atomic E-state index is 5.80. The lowest BCUT2D eigenvalue weighted by Gasteiger charge is -2.23. The first-order valence-corrected chi connectivity index (χ1v) is 7.22. The molecule has 1 heterocycles. The van der Waals surface area contributed by atoms with Crippen molar-refractivity contribution in [2.45, 2.75) is 12.5 Å². The Hall–Kier alpha value is -0.780. The van der Waals surface area contributed by atoms with Gasteiger partial charge in [-0.3, -0.25) is 4.90 Å². The molecule has 0 radical (unpaired) electrons. The molecule has 2 rings (SSSR count). The molecule has 1 saturated heterocycles. The van der Waals surface area contributed by atoms with Crippen LogP contribution in [-0.2, 0) is 0 Å². The van der Waals surface area contributed by atoms with Crippen molar-refractivity contribution in [3.05, 3.63) is 22.2 Å². The lowest BCUT2D eigenvalue weighted by Crippen LogP contribution is -2.21. The predicted molar refractivity (Wildman–Crippen MR) is 79.8 cm³/mol. The van der Waals surface area contributed by atoms with Gasteiger partial charge in [-0.2, -0.15) is 0 Å². The van der Waals surface area contributed by atoms with E-state index in [2.05, 4.69) is 33.9 Å². The minimum absolute atomic E-state index is 0.353. The number of hydrogen-bond donors (Lipinski definition) is 1. The number of rotatable bonds is 4. The number of nitrogens with two attached hydrogens (primary N) is 1. The standard InChI is InChI=1S/C14H21BrN2O2/c1-17-8-9(7-16)6-11(17)10-4-5-12(18-2)13(15)14(10)19-3/h4-5,9,11H,6-8,16H2,1-3H3. The average Bonchev–Trinajstić information content (AvgIpc) is 2.79. The van der Waals surface area contributed by atoms with Gasteiger partial charge in [0.2, 0.25) is 0 Å². The van der Waals surface area contributed by atoms with Crippen LogP contribution < -0.4 is 15.2 Å². The third-order valence-corrected chi connectivity index (χ3v) is 4.59. The molecule has 0 bridgehead atoms. The minimum atomic E-state index is 0.353. The first kappa shape index (κ1) is 14.6. The zero-order valence-electron chi connectivity index (χ0n) is 11.6. The highest BCUT2D eigenvalue weighted by Gasteiger charge is 2.32. The molecule has 0 spiro atoms. The maximum Gasteiger partial charge on any atom is 0.141 e. The summed E-state index contributed by atoms with van der Waals surface area (Å²) in [5.74, 6) is 2.20. The van der Waals surface area contributed by atoms with Crippen molar-refractivity contribution in [3.8, 4) is 11.5 Å². The summed E-state index contributed by atoms with van der Waals surface area (Å²) >= 11 is 3.56. The minimum Gasteiger partial charge on any atom is -0.495 e. The van der Waals surface area contributed by atoms with E-state index in [1.54, 1.807) is 14.2 Å². The molecular formula is C14H21BrN2O2. The number of hydrogen-bond acceptors (Lipinski definition) is 4. The maximum absolute atomic E-state index is 5.80. The second kappa shape index (κ2) is 6.11. The molecule has 1 aromatic rings. The van der Waals surface area contributed by atoms with Crippen molar-refractivity contribution in [3.63, 3.8) is 0 Å². The number of likely N-dealkylation sites (tertiary alicyclic amines) is 1. The number of halogens is 1. The molecule has 0 aromatic heterocycles. The van der Waals surface area contributed by atoms with Crippen LogP contribution in [0.1, 0.15) is 18.0 Å². The molecule has 0 amide bonds. The molecule has 1 fully saturated rings. The van der Waals surface area contributed by atoms with Gasteiger partial charge in [0, 0.05) is 18.2 Å². The predicted octanol–water partition coefficient (Wildman–Crippen LogP) is 2.42. The van der Waals surface area contributed by atoms with Gasteiger partial charge in [-0.05, 0) is 54.0 Å². The highest BCUT2D eigenvalue weighted by Crippen LogP contribution is 2.44. The zero-order chi connectivity index (χ0) is 14.0. The van der Waals surface area contributed by atoms with E-state index in [-0.39, 0.29) is 0 Å². The molecule has 1 aromatic carbocycles. The van der Waals surface area contributed by atoms with E-state index in [4.69, 9.17) is 15.2 Å². The Kier molecular flexibility index (Phi) is 4.71. The van der Waals surface area contributed by atoms with Crippen LogP contribution in [0.25, 0.3) is 0 Å². The van der Waals surface area contributed by atoms with Crippen LogP contribution in [0.5, 0.6) is 11.5 Å². The van der Waals surface area contributed by atoms with Crippen molar-refractivity contribution in [2.75, 3.05) is 34.4 Å². The highest BCUT2D eigenvalue weighted by atomic mass is 79.9. The number of methoxy groups -OCH3 is 2. The molecule has 2 N–H and O–H groups in total. The molecular weight excluding hydrogens is 308 g/mol. The lowest BCUT2D eigenvalue weighted by molar-refractivity contribution is 0.301. The molecule has 1 aliphatic heterocycles. The second-order valence-electron chi connectivity index (χ2n) is 5.00. The van der Waals surface area contributed by atoms with Crippen LogP contribution in [0.2, 0.25) is 0 Å². The zero-order valence-corrected chi connectivity index (χ0v) is 13.2. The van der Waals surface area contributed by atoms with Crippen LogP contribution in [0.4, 0.5) is 0 Å². The fraction of sp³-hybridized carbons (Fsp3) is 0.571. The van der Waals surface area contributed by atoms with Crippen LogP contribution >= 0.6 is 15.9 Å². The largest absolute Gasteiger partial charge is 0.495 e. The molecule has 0 aliphatic carbocycles. The van der Waals surface area contributed by atoms with Crippen molar-refractivity contribution in [1.82, 2.24) is 4.90 Å². The summed E-state index contributed by atoms with van der Waals surface area (Å²) in [6.45, 7) is 1.77. The van der Waals surface area contributed by atoms with E-state index < -0.39 is 0 Å². The molecule has 0 saturated carbocycles. The van der Waals surface area contributed by atoms with Gasteiger partial charge in [-0.1, -0.05) is 0 Å². The number of ether oxygens (including phenoxy) is 2. The van der Waals surface area contributed by atoms with E-state index in [0.29, 0.717) is 12.0 Å². The molecule has 106 valence electrons. The Morgan fingerprint density at radius 2 is 2.11 bits per heavy atom. The van der Waals surface area contributed by atoms with Gasteiger partial charge in [0.15, 0.2) is 0 Å². The van der Waals surface area contributed by atoms with Gasteiger partial charge >= 0.3 is 0 Å². The summed E-state index contributed by atoms with van der Waals surface area (Å²) in [6, 6.07) is 4.42. The second-order valence-corrected chi connectivity index (χ2v) is 5.79. The Labute approximate surface area is 123 Å². The molecule has 4 nitrogen and oxygen atoms in total. The average molecular weight is 329 g/mol. The molecule has 19 heavy (non-hydrogen) atoms. The molecule has 1 aliphatic rings. The summed E-state index contributed by atoms with van der Waals surface area (Å²) < 4.78 is 11.8. The quantitative estimate of drug-likeness (QED) is 0.922. The summed E-state index contributed by atoms with van der Waals surface area (Å²) in [5, 5.41) is 0. The highest BCUT2D eigenvalue weighted by molar-refractivity contribution is 9.10. The first-order valence-electron chi connectivity index (χ1n) is 6.43. The monoisotopic (exact) mass is 328 g/mol. The van der Waals surface area contributed by atoms with Crippen LogP contribution in [0.3, 0.4) is 0 Å². The summed E-state index contributed by atoms with van der Waals surface area (Å²) in [5.41, 5.74) is 6.98. The molecule has 5 heteroatoms. The van der Waals surface area contributed by atoms with Crippen molar-refractivity contribution >= 4 is 15.9 Å². The normalized spacial score (nSPS) is 23.6. The third kappa shape index (κ3) is 2.73. The third-order valence-electron chi connectivity index (χ3n) is 3.84. The number of nitrogens with zero attached hydrogens (tertiary/aromatic N) is 1. The van der Waals surface area contributed by atoms with Crippen molar-refractivity contribution in [1.29, 1.82) is 0 Å². The van der Waals surface area contributed by atoms with E-state index in [1.165, 1.54) is 5.56 Å². The van der Waals surface area contributed by atoms with Gasteiger partial charge in [-0.25, -0.2) is 0 Å². The fourth-order valence-electron chi connectivity index (χ4n) is 2.82. The van der Waals surface area contributed by atoms with Crippen LogP contribution in [0.15, 0.2) is 16.6 Å². The topological polar surface area (TPSA) is 47.7 Å². The van der Waals surface area contributed by atoms with Gasteiger partial charge in [0.25, 0.3) is 0 Å². The fourth-order valence-corrected chi connectivity index (χ4v) is 3.51. The van der Waals surface area contributed by atoms with Crippen molar-refractivity contribution in [2.24, 2.45) is 11.7 Å².